The van der Waals surface area contributed by atoms with Gasteiger partial charge in [-0.2, -0.15) is 0 Å². The van der Waals surface area contributed by atoms with Gasteiger partial charge in [0.15, 0.2) is 18.3 Å². The van der Waals surface area contributed by atoms with E-state index in [1.54, 1.807) is 18.2 Å². The van der Waals surface area contributed by atoms with E-state index in [2.05, 4.69) is 15.8 Å². The molecule has 0 fully saturated rings. The van der Waals surface area contributed by atoms with Crippen LogP contribution in [0.1, 0.15) is 12.3 Å². The number of carbonyl (C=O) groups is 2. The molecule has 2 N–H and O–H groups in total. The highest BCUT2D eigenvalue weighted by atomic mass is 19.1. The summed E-state index contributed by atoms with van der Waals surface area (Å²) in [6.45, 7) is -0.350. The largest absolute Gasteiger partial charge is 0.484 e. The molecule has 150 valence electrons. The number of nitrogens with zero attached hydrogens (tertiary/aromatic N) is 1. The molecule has 7 nitrogen and oxygen atoms in total. The molecule has 3 aromatic rings. The molecular weight excluding hydrogens is 384 g/mol. The molecule has 0 atom stereocenters. The number of aromatic nitrogens is 1. The van der Waals surface area contributed by atoms with Crippen molar-refractivity contribution in [2.75, 3.05) is 6.61 Å². The third kappa shape index (κ3) is 5.86. The minimum absolute atomic E-state index is 0.00365. The van der Waals surface area contributed by atoms with Crippen LogP contribution < -0.4 is 15.6 Å². The number of ether oxygens (including phenoxy) is 1. The number of hydrazine groups is 1. The average Bonchev–Trinajstić information content (AvgIpc) is 3.19. The first-order valence-corrected chi connectivity index (χ1v) is 8.67. The van der Waals surface area contributed by atoms with Crippen molar-refractivity contribution in [1.82, 2.24) is 15.8 Å². The summed E-state index contributed by atoms with van der Waals surface area (Å²) in [5.41, 5.74) is 4.72. The Kier molecular flexibility index (Phi) is 6.51. The number of hydrogen-bond acceptors (Lipinski definition) is 5. The highest BCUT2D eigenvalue weighted by molar-refractivity contribution is 5.82. The van der Waals surface area contributed by atoms with Crippen molar-refractivity contribution in [3.05, 3.63) is 72.3 Å². The second-order valence-corrected chi connectivity index (χ2v) is 5.94. The van der Waals surface area contributed by atoms with E-state index in [1.165, 1.54) is 36.5 Å². The Labute approximate surface area is 164 Å². The van der Waals surface area contributed by atoms with Gasteiger partial charge in [0.1, 0.15) is 17.4 Å². The third-order valence-electron chi connectivity index (χ3n) is 3.78. The van der Waals surface area contributed by atoms with E-state index in [1.807, 2.05) is 0 Å². The van der Waals surface area contributed by atoms with Crippen LogP contribution in [0.4, 0.5) is 8.78 Å². The number of halogens is 2. The Morgan fingerprint density at radius 2 is 1.72 bits per heavy atom. The summed E-state index contributed by atoms with van der Waals surface area (Å²) in [4.78, 5) is 27.5. The topological polar surface area (TPSA) is 93.5 Å². The SMILES string of the molecule is O=C(CCc1ncc(-c2ccccc2F)o1)NNC(=O)COc1ccc(F)cc1. The summed E-state index contributed by atoms with van der Waals surface area (Å²) in [7, 11) is 0. The summed E-state index contributed by atoms with van der Waals surface area (Å²) in [5, 5.41) is 0. The average molecular weight is 401 g/mol. The molecule has 2 amide bonds. The predicted molar refractivity (Wildman–Crippen MR) is 98.4 cm³/mol. The zero-order valence-electron chi connectivity index (χ0n) is 15.2. The number of carbonyl (C=O) groups excluding carboxylic acids is 2. The molecule has 0 unspecified atom stereocenters. The van der Waals surface area contributed by atoms with E-state index in [0.717, 1.165) is 0 Å². The molecule has 1 heterocycles. The molecule has 1 aromatic heterocycles. The molecule has 29 heavy (non-hydrogen) atoms. The van der Waals surface area contributed by atoms with Crippen LogP contribution >= 0.6 is 0 Å². The first kappa shape index (κ1) is 20.0. The number of oxazole rings is 1. The minimum Gasteiger partial charge on any atom is -0.484 e. The van der Waals surface area contributed by atoms with Crippen molar-refractivity contribution in [3.63, 3.8) is 0 Å². The van der Waals surface area contributed by atoms with E-state index in [-0.39, 0.29) is 36.7 Å². The van der Waals surface area contributed by atoms with Gasteiger partial charge >= 0.3 is 0 Å². The van der Waals surface area contributed by atoms with Crippen molar-refractivity contribution in [2.24, 2.45) is 0 Å². The van der Waals surface area contributed by atoms with Gasteiger partial charge in [-0.25, -0.2) is 13.8 Å². The predicted octanol–water partition coefficient (Wildman–Crippen LogP) is 2.78. The van der Waals surface area contributed by atoms with Gasteiger partial charge in [0, 0.05) is 12.8 Å². The summed E-state index contributed by atoms with van der Waals surface area (Å²) in [6.07, 6.45) is 1.55. The fraction of sp³-hybridized carbons (Fsp3) is 0.150. The maximum atomic E-state index is 13.7. The van der Waals surface area contributed by atoms with Gasteiger partial charge < -0.3 is 9.15 Å². The van der Waals surface area contributed by atoms with Crippen LogP contribution in [0.5, 0.6) is 5.75 Å². The molecule has 0 saturated heterocycles. The Bertz CT molecular complexity index is 989. The molecule has 0 aliphatic rings. The lowest BCUT2D eigenvalue weighted by atomic mass is 10.2. The second kappa shape index (κ2) is 9.45. The molecule has 0 aliphatic carbocycles. The lowest BCUT2D eigenvalue weighted by Crippen LogP contribution is -2.43. The summed E-state index contributed by atoms with van der Waals surface area (Å²) < 4.78 is 37.1. The first-order chi connectivity index (χ1) is 14.0. The molecule has 2 aromatic carbocycles. The van der Waals surface area contributed by atoms with Crippen LogP contribution in [0.15, 0.2) is 59.1 Å². The van der Waals surface area contributed by atoms with Crippen LogP contribution in [0.3, 0.4) is 0 Å². The van der Waals surface area contributed by atoms with Crippen molar-refractivity contribution < 1.29 is 27.5 Å². The minimum atomic E-state index is -0.583. The highest BCUT2D eigenvalue weighted by Crippen LogP contribution is 2.23. The molecular formula is C20H17F2N3O4. The van der Waals surface area contributed by atoms with Crippen LogP contribution in [0.25, 0.3) is 11.3 Å². The van der Waals surface area contributed by atoms with Crippen molar-refractivity contribution >= 4 is 11.8 Å². The molecule has 9 heteroatoms. The summed E-state index contributed by atoms with van der Waals surface area (Å²) >= 11 is 0. The summed E-state index contributed by atoms with van der Waals surface area (Å²) in [5.74, 6) is -1.04. The molecule has 3 rings (SSSR count). The number of benzene rings is 2. The summed E-state index contributed by atoms with van der Waals surface area (Å²) in [6, 6.07) is 11.3. The standard InChI is InChI=1S/C20H17F2N3O4/c21-13-5-7-14(8-6-13)28-12-19(27)25-24-18(26)9-10-20-23-11-17(29-20)15-3-1-2-4-16(15)22/h1-8,11H,9-10,12H2,(H,24,26)(H,25,27). The Morgan fingerprint density at radius 1 is 1.00 bits per heavy atom. The monoisotopic (exact) mass is 401 g/mol. The second-order valence-electron chi connectivity index (χ2n) is 5.94. The van der Waals surface area contributed by atoms with Crippen molar-refractivity contribution in [3.8, 4) is 17.1 Å². The van der Waals surface area contributed by atoms with E-state index in [4.69, 9.17) is 9.15 Å². The molecule has 0 aliphatic heterocycles. The number of hydrogen-bond donors (Lipinski definition) is 2. The van der Waals surface area contributed by atoms with Crippen LogP contribution in [-0.4, -0.2) is 23.4 Å². The number of nitrogens with one attached hydrogen (secondary N) is 2. The zero-order valence-corrected chi connectivity index (χ0v) is 15.2. The molecule has 0 radical (unpaired) electrons. The van der Waals surface area contributed by atoms with E-state index < -0.39 is 23.4 Å². The van der Waals surface area contributed by atoms with E-state index >= 15 is 0 Å². The lowest BCUT2D eigenvalue weighted by Gasteiger charge is -2.08. The highest BCUT2D eigenvalue weighted by Gasteiger charge is 2.12. The van der Waals surface area contributed by atoms with Crippen LogP contribution in [0, 0.1) is 11.6 Å². The molecule has 0 bridgehead atoms. The van der Waals surface area contributed by atoms with E-state index in [9.17, 15) is 18.4 Å². The maximum Gasteiger partial charge on any atom is 0.276 e. The normalized spacial score (nSPS) is 10.4. The lowest BCUT2D eigenvalue weighted by molar-refractivity contribution is -0.130. The molecule has 0 spiro atoms. The van der Waals surface area contributed by atoms with Gasteiger partial charge in [0.05, 0.1) is 11.8 Å². The van der Waals surface area contributed by atoms with Crippen molar-refractivity contribution in [1.29, 1.82) is 0 Å². The number of rotatable bonds is 7. The quantitative estimate of drug-likeness (QED) is 0.594. The number of amides is 2. The van der Waals surface area contributed by atoms with Gasteiger partial charge in [0.2, 0.25) is 5.91 Å². The fourth-order valence-corrected chi connectivity index (χ4v) is 2.35. The van der Waals surface area contributed by atoms with Gasteiger partial charge in [-0.05, 0) is 36.4 Å². The Balaban J connectivity index is 1.39. The van der Waals surface area contributed by atoms with Gasteiger partial charge in [-0.1, -0.05) is 12.1 Å². The van der Waals surface area contributed by atoms with Crippen molar-refractivity contribution in [2.45, 2.75) is 12.8 Å². The number of aryl methyl sites for hydroxylation is 1. The fourth-order valence-electron chi connectivity index (χ4n) is 2.35. The zero-order chi connectivity index (χ0) is 20.6. The van der Waals surface area contributed by atoms with Gasteiger partial charge in [-0.15, -0.1) is 0 Å². The van der Waals surface area contributed by atoms with E-state index in [0.29, 0.717) is 5.75 Å². The molecule has 0 saturated carbocycles. The maximum absolute atomic E-state index is 13.7. The Hall–Kier alpha value is -3.75. The van der Waals surface area contributed by atoms with Gasteiger partial charge in [-0.3, -0.25) is 20.4 Å². The van der Waals surface area contributed by atoms with Crippen LogP contribution in [0.2, 0.25) is 0 Å². The van der Waals surface area contributed by atoms with Gasteiger partial charge in [0.25, 0.3) is 5.91 Å². The first-order valence-electron chi connectivity index (χ1n) is 8.67. The van der Waals surface area contributed by atoms with Crippen LogP contribution in [-0.2, 0) is 16.0 Å². The Morgan fingerprint density at radius 3 is 2.48 bits per heavy atom. The third-order valence-corrected chi connectivity index (χ3v) is 3.78. The smallest absolute Gasteiger partial charge is 0.276 e.